The van der Waals surface area contributed by atoms with Crippen LogP contribution in [0.5, 0.6) is 0 Å². The maximum absolute atomic E-state index is 14.6. The van der Waals surface area contributed by atoms with Gasteiger partial charge >= 0.3 is 12.1 Å². The highest BCUT2D eigenvalue weighted by Gasteiger charge is 2.38. The van der Waals surface area contributed by atoms with Crippen molar-refractivity contribution in [3.05, 3.63) is 64.8 Å². The molecule has 0 atom stereocenters. The molecule has 1 aromatic heterocycles. The van der Waals surface area contributed by atoms with Crippen molar-refractivity contribution in [3.8, 4) is 11.5 Å². The van der Waals surface area contributed by atoms with Crippen LogP contribution in [0.15, 0.2) is 46.9 Å². The summed E-state index contributed by atoms with van der Waals surface area (Å²) in [6, 6.07) is 9.50. The van der Waals surface area contributed by atoms with E-state index in [1.54, 1.807) is 12.1 Å². The molecule has 0 aliphatic rings. The lowest BCUT2D eigenvalue weighted by Crippen LogP contribution is -2.30. The first-order valence-corrected chi connectivity index (χ1v) is 10.1. The zero-order valence-corrected chi connectivity index (χ0v) is 16.2. The Hall–Kier alpha value is -2.66. The van der Waals surface area contributed by atoms with E-state index in [9.17, 15) is 26.0 Å². The summed E-state index contributed by atoms with van der Waals surface area (Å²) in [7, 11) is -3.81. The van der Waals surface area contributed by atoms with Crippen molar-refractivity contribution in [2.24, 2.45) is 0 Å². The first kappa shape index (κ1) is 21.1. The molecule has 3 rings (SSSR count). The fourth-order valence-electron chi connectivity index (χ4n) is 2.45. The minimum absolute atomic E-state index is 0.0327. The molecule has 0 saturated heterocycles. The average Bonchev–Trinajstić information content (AvgIpc) is 3.11. The number of hydrogen-bond donors (Lipinski definition) is 0. The number of hydrogen-bond acceptors (Lipinski definition) is 5. The first-order chi connectivity index (χ1) is 13.5. The highest BCUT2D eigenvalue weighted by molar-refractivity contribution is 7.92. The lowest BCUT2D eigenvalue weighted by atomic mass is 10.1. The van der Waals surface area contributed by atoms with Crippen LogP contribution < -0.4 is 4.31 Å². The molecule has 0 unspecified atom stereocenters. The number of alkyl halides is 3. The molecule has 1 heterocycles. The molecule has 29 heavy (non-hydrogen) atoms. The van der Waals surface area contributed by atoms with Gasteiger partial charge < -0.3 is 4.42 Å². The lowest BCUT2D eigenvalue weighted by molar-refractivity contribution is -0.156. The van der Waals surface area contributed by atoms with Crippen molar-refractivity contribution in [2.45, 2.75) is 12.7 Å². The average molecular weight is 450 g/mol. The maximum Gasteiger partial charge on any atom is 0.470 e. The number of para-hydroxylation sites is 1. The van der Waals surface area contributed by atoms with E-state index in [0.717, 1.165) is 16.6 Å². The monoisotopic (exact) mass is 449 g/mol. The van der Waals surface area contributed by atoms with Crippen LogP contribution in [-0.4, -0.2) is 24.9 Å². The van der Waals surface area contributed by atoms with Gasteiger partial charge in [-0.25, -0.2) is 12.8 Å². The van der Waals surface area contributed by atoms with Gasteiger partial charge in [0.15, 0.2) is 0 Å². The van der Waals surface area contributed by atoms with E-state index in [-0.39, 0.29) is 28.4 Å². The highest BCUT2D eigenvalue weighted by Crippen LogP contribution is 2.32. The van der Waals surface area contributed by atoms with E-state index < -0.39 is 33.8 Å². The van der Waals surface area contributed by atoms with Gasteiger partial charge in [0.05, 0.1) is 23.5 Å². The van der Waals surface area contributed by atoms with Crippen LogP contribution in [0.25, 0.3) is 11.5 Å². The van der Waals surface area contributed by atoms with E-state index in [1.807, 2.05) is 0 Å². The summed E-state index contributed by atoms with van der Waals surface area (Å²) in [4.78, 5) is 0. The second-order valence-corrected chi connectivity index (χ2v) is 8.25. The fourth-order valence-corrected chi connectivity index (χ4v) is 3.63. The molecule has 0 spiro atoms. The van der Waals surface area contributed by atoms with E-state index in [2.05, 4.69) is 14.6 Å². The van der Waals surface area contributed by atoms with Crippen LogP contribution in [0.1, 0.15) is 11.5 Å². The molecular formula is C17H12ClF4N3O3S. The third kappa shape index (κ3) is 4.67. The Balaban J connectivity index is 1.94. The Labute approximate surface area is 167 Å². The first-order valence-electron chi connectivity index (χ1n) is 7.88. The topological polar surface area (TPSA) is 76.3 Å². The van der Waals surface area contributed by atoms with Gasteiger partial charge in [-0.3, -0.25) is 4.31 Å². The van der Waals surface area contributed by atoms with E-state index >= 15 is 0 Å². The van der Waals surface area contributed by atoms with Crippen LogP contribution in [0.3, 0.4) is 0 Å². The van der Waals surface area contributed by atoms with Crippen LogP contribution in [0.2, 0.25) is 5.02 Å². The molecular weight excluding hydrogens is 438 g/mol. The summed E-state index contributed by atoms with van der Waals surface area (Å²) in [5.74, 6) is -2.94. The summed E-state index contributed by atoms with van der Waals surface area (Å²) >= 11 is 6.06. The molecule has 0 aliphatic carbocycles. The van der Waals surface area contributed by atoms with Crippen molar-refractivity contribution >= 4 is 27.3 Å². The normalized spacial score (nSPS) is 12.2. The molecule has 12 heteroatoms. The lowest BCUT2D eigenvalue weighted by Gasteiger charge is -2.23. The predicted molar refractivity (Wildman–Crippen MR) is 97.2 cm³/mol. The summed E-state index contributed by atoms with van der Waals surface area (Å²) < 4.78 is 82.1. The molecule has 0 fully saturated rings. The van der Waals surface area contributed by atoms with Crippen molar-refractivity contribution < 1.29 is 30.4 Å². The Kier molecular flexibility index (Phi) is 5.54. The minimum atomic E-state index is -4.82. The molecule has 0 aliphatic heterocycles. The van der Waals surface area contributed by atoms with Gasteiger partial charge in [0.1, 0.15) is 5.82 Å². The predicted octanol–water partition coefficient (Wildman–Crippen LogP) is 4.51. The molecule has 0 amide bonds. The molecule has 0 bridgehead atoms. The molecule has 2 aromatic carbocycles. The summed E-state index contributed by atoms with van der Waals surface area (Å²) in [5, 5.41) is 6.29. The van der Waals surface area contributed by atoms with Crippen molar-refractivity contribution in [1.29, 1.82) is 0 Å². The van der Waals surface area contributed by atoms with Gasteiger partial charge in [0, 0.05) is 11.1 Å². The van der Waals surface area contributed by atoms with Gasteiger partial charge in [-0.15, -0.1) is 10.2 Å². The van der Waals surface area contributed by atoms with Crippen molar-refractivity contribution in [2.75, 3.05) is 10.6 Å². The third-order valence-electron chi connectivity index (χ3n) is 3.80. The summed E-state index contributed by atoms with van der Waals surface area (Å²) in [5.41, 5.74) is 0.0411. The number of sulfonamides is 1. The van der Waals surface area contributed by atoms with Crippen LogP contribution in [-0.2, 0) is 22.7 Å². The van der Waals surface area contributed by atoms with Gasteiger partial charge in [-0.2, -0.15) is 13.2 Å². The zero-order valence-electron chi connectivity index (χ0n) is 14.6. The highest BCUT2D eigenvalue weighted by atomic mass is 35.5. The second-order valence-electron chi connectivity index (χ2n) is 5.94. The van der Waals surface area contributed by atoms with E-state index in [0.29, 0.717) is 0 Å². The Morgan fingerprint density at radius 3 is 2.38 bits per heavy atom. The number of nitrogens with zero attached hydrogens (tertiary/aromatic N) is 3. The second kappa shape index (κ2) is 7.64. The number of benzene rings is 2. The maximum atomic E-state index is 14.6. The molecule has 154 valence electrons. The Morgan fingerprint density at radius 2 is 1.83 bits per heavy atom. The van der Waals surface area contributed by atoms with Gasteiger partial charge in [0.25, 0.3) is 0 Å². The largest absolute Gasteiger partial charge is 0.470 e. The van der Waals surface area contributed by atoms with Crippen LogP contribution in [0, 0.1) is 5.82 Å². The number of halogens is 5. The van der Waals surface area contributed by atoms with Crippen LogP contribution >= 0.6 is 11.6 Å². The Bertz CT molecular complexity index is 1150. The summed E-state index contributed by atoms with van der Waals surface area (Å²) in [6.07, 6.45) is -3.88. The molecule has 0 N–H and O–H groups in total. The minimum Gasteiger partial charge on any atom is -0.413 e. The van der Waals surface area contributed by atoms with E-state index in [1.165, 1.54) is 24.3 Å². The number of aromatic nitrogens is 2. The molecule has 0 radical (unpaired) electrons. The van der Waals surface area contributed by atoms with Gasteiger partial charge in [-0.1, -0.05) is 29.8 Å². The zero-order chi connectivity index (χ0) is 21.4. The fraction of sp³-hybridized carbons (Fsp3) is 0.176. The third-order valence-corrected chi connectivity index (χ3v) is 5.25. The van der Waals surface area contributed by atoms with Gasteiger partial charge in [0.2, 0.25) is 15.9 Å². The van der Waals surface area contributed by atoms with E-state index in [4.69, 9.17) is 11.6 Å². The number of rotatable bonds is 5. The van der Waals surface area contributed by atoms with Gasteiger partial charge in [-0.05, 0) is 24.3 Å². The van der Waals surface area contributed by atoms with Crippen molar-refractivity contribution in [1.82, 2.24) is 10.2 Å². The van der Waals surface area contributed by atoms with Crippen LogP contribution in [0.4, 0.5) is 23.2 Å². The number of anilines is 1. The molecule has 3 aromatic rings. The smallest absolute Gasteiger partial charge is 0.413 e. The van der Waals surface area contributed by atoms with Crippen molar-refractivity contribution in [3.63, 3.8) is 0 Å². The molecule has 0 saturated carbocycles. The standard InChI is InChI=1S/C17H12ClF4N3O3S/c1-29(26,27)25(14-5-3-2-4-12(14)18)9-11-7-6-10(8-13(11)19)15-23-24-16(28-15)17(20,21)22/h2-8H,9H2,1H3. The summed E-state index contributed by atoms with van der Waals surface area (Å²) in [6.45, 7) is -0.383. The quantitative estimate of drug-likeness (QED) is 0.535. The SMILES string of the molecule is CS(=O)(=O)N(Cc1ccc(-c2nnc(C(F)(F)F)o2)cc1F)c1ccccc1Cl. The Morgan fingerprint density at radius 1 is 1.14 bits per heavy atom. The molecule has 6 nitrogen and oxygen atoms in total.